The van der Waals surface area contributed by atoms with Crippen LogP contribution in [0.25, 0.3) is 0 Å². The summed E-state index contributed by atoms with van der Waals surface area (Å²) in [5.41, 5.74) is 0. The first kappa shape index (κ1) is 29.9. The lowest BCUT2D eigenvalue weighted by atomic mass is 10.1. The van der Waals surface area contributed by atoms with Crippen LogP contribution in [0.1, 0.15) is 34.1 Å². The van der Waals surface area contributed by atoms with E-state index in [2.05, 4.69) is 18.7 Å². The molecule has 0 unspecified atom stereocenters. The molecule has 0 spiro atoms. The molecular formula is C21H47NO6. The molecule has 0 N–H and O–H groups in total. The molecule has 0 saturated heterocycles. The van der Waals surface area contributed by atoms with E-state index in [4.69, 9.17) is 28.4 Å². The van der Waals surface area contributed by atoms with Crippen LogP contribution in [-0.2, 0) is 28.4 Å². The van der Waals surface area contributed by atoms with Crippen molar-refractivity contribution in [1.29, 1.82) is 0 Å². The van der Waals surface area contributed by atoms with Crippen molar-refractivity contribution in [2.45, 2.75) is 34.1 Å². The van der Waals surface area contributed by atoms with Gasteiger partial charge in [-0.05, 0) is 26.4 Å². The first-order chi connectivity index (χ1) is 13.6. The summed E-state index contributed by atoms with van der Waals surface area (Å²) in [6.45, 7) is 16.8. The Labute approximate surface area is 173 Å². The summed E-state index contributed by atoms with van der Waals surface area (Å²) >= 11 is 0. The number of hydrogen-bond donors (Lipinski definition) is 0. The van der Waals surface area contributed by atoms with Gasteiger partial charge in [0.25, 0.3) is 0 Å². The topological polar surface area (TPSA) is 58.6 Å². The minimum absolute atomic E-state index is 0.570. The van der Waals surface area contributed by atoms with Gasteiger partial charge in [-0.2, -0.15) is 0 Å². The van der Waals surface area contributed by atoms with Gasteiger partial charge in [-0.1, -0.05) is 27.7 Å². The van der Waals surface area contributed by atoms with Gasteiger partial charge in [-0.25, -0.2) is 0 Å². The van der Waals surface area contributed by atoms with Crippen LogP contribution in [0.4, 0.5) is 0 Å². The fourth-order valence-electron chi connectivity index (χ4n) is 1.77. The largest absolute Gasteiger partial charge is 0.379 e. The van der Waals surface area contributed by atoms with Crippen molar-refractivity contribution in [3.8, 4) is 0 Å². The monoisotopic (exact) mass is 409 g/mol. The van der Waals surface area contributed by atoms with Crippen LogP contribution in [-0.4, -0.2) is 105 Å². The average molecular weight is 410 g/mol. The molecule has 0 fully saturated rings. The van der Waals surface area contributed by atoms with E-state index >= 15 is 0 Å². The van der Waals surface area contributed by atoms with Crippen molar-refractivity contribution in [3.63, 3.8) is 0 Å². The number of hydrogen-bond acceptors (Lipinski definition) is 7. The predicted octanol–water partition coefficient (Wildman–Crippen LogP) is 2.72. The van der Waals surface area contributed by atoms with Crippen LogP contribution in [0.3, 0.4) is 0 Å². The van der Waals surface area contributed by atoms with E-state index in [1.807, 2.05) is 27.9 Å². The zero-order chi connectivity index (χ0) is 21.3. The highest BCUT2D eigenvalue weighted by atomic mass is 16.6. The van der Waals surface area contributed by atoms with Crippen molar-refractivity contribution in [1.82, 2.24) is 4.90 Å². The van der Waals surface area contributed by atoms with E-state index in [1.165, 1.54) is 0 Å². The van der Waals surface area contributed by atoms with Gasteiger partial charge >= 0.3 is 0 Å². The molecule has 0 aliphatic rings. The number of nitrogens with zero attached hydrogens (tertiary/aromatic N) is 1. The molecular weight excluding hydrogens is 362 g/mol. The highest BCUT2D eigenvalue weighted by Crippen LogP contribution is 1.98. The van der Waals surface area contributed by atoms with E-state index in [9.17, 15) is 0 Å². The normalized spacial score (nSPS) is 11.1. The minimum atomic E-state index is 0.570. The maximum absolute atomic E-state index is 5.47. The molecule has 0 aromatic heterocycles. The molecule has 172 valence electrons. The molecule has 0 heterocycles. The molecule has 0 aromatic rings. The summed E-state index contributed by atoms with van der Waals surface area (Å²) in [6, 6.07) is 0. The zero-order valence-electron chi connectivity index (χ0n) is 19.4. The van der Waals surface area contributed by atoms with Crippen LogP contribution in [0.5, 0.6) is 0 Å². The zero-order valence-corrected chi connectivity index (χ0v) is 19.4. The Bertz CT molecular complexity index is 241. The second-order valence-corrected chi connectivity index (χ2v) is 6.66. The molecule has 0 radical (unpaired) electrons. The van der Waals surface area contributed by atoms with Crippen LogP contribution in [0.15, 0.2) is 0 Å². The first-order valence-electron chi connectivity index (χ1n) is 10.7. The molecule has 0 bridgehead atoms. The van der Waals surface area contributed by atoms with Crippen molar-refractivity contribution >= 4 is 0 Å². The SMILES string of the molecule is CC.CC(C)CCOCCOCCOCCOCCOCCOCCN(C)C. The Balaban J connectivity index is 0. The summed E-state index contributed by atoms with van der Waals surface area (Å²) in [6.07, 6.45) is 1.10. The summed E-state index contributed by atoms with van der Waals surface area (Å²) < 4.78 is 32.6. The van der Waals surface area contributed by atoms with Gasteiger partial charge in [0.15, 0.2) is 0 Å². The molecule has 7 heteroatoms. The fraction of sp³-hybridized carbons (Fsp3) is 1.00. The van der Waals surface area contributed by atoms with E-state index in [0.717, 1.165) is 26.2 Å². The van der Waals surface area contributed by atoms with Gasteiger partial charge in [0.05, 0.1) is 72.7 Å². The molecule has 0 aliphatic carbocycles. The number of ether oxygens (including phenoxy) is 6. The van der Waals surface area contributed by atoms with Crippen LogP contribution in [0, 0.1) is 5.92 Å². The smallest absolute Gasteiger partial charge is 0.0701 e. The third-order valence-electron chi connectivity index (χ3n) is 3.38. The van der Waals surface area contributed by atoms with Crippen molar-refractivity contribution in [3.05, 3.63) is 0 Å². The maximum Gasteiger partial charge on any atom is 0.0701 e. The Morgan fingerprint density at radius 3 is 1.07 bits per heavy atom. The molecule has 0 aliphatic heterocycles. The summed E-state index contributed by atoms with van der Waals surface area (Å²) in [7, 11) is 4.05. The van der Waals surface area contributed by atoms with E-state index < -0.39 is 0 Å². The number of likely N-dealkylation sites (N-methyl/N-ethyl adjacent to an activating group) is 1. The first-order valence-corrected chi connectivity index (χ1v) is 10.7. The van der Waals surface area contributed by atoms with Crippen LogP contribution >= 0.6 is 0 Å². The molecule has 0 atom stereocenters. The van der Waals surface area contributed by atoms with Crippen molar-refractivity contribution < 1.29 is 28.4 Å². The molecule has 0 aromatic carbocycles. The Kier molecular flexibility index (Phi) is 28.5. The van der Waals surface area contributed by atoms with Crippen LogP contribution in [0.2, 0.25) is 0 Å². The van der Waals surface area contributed by atoms with Crippen molar-refractivity contribution in [2.75, 3.05) is 99.9 Å². The second kappa shape index (κ2) is 26.7. The van der Waals surface area contributed by atoms with Gasteiger partial charge in [0, 0.05) is 13.2 Å². The summed E-state index contributed by atoms with van der Waals surface area (Å²) in [4.78, 5) is 2.09. The molecule has 0 saturated carbocycles. The van der Waals surface area contributed by atoms with Gasteiger partial charge < -0.3 is 33.3 Å². The number of rotatable bonds is 21. The highest BCUT2D eigenvalue weighted by molar-refractivity contribution is 4.43. The maximum atomic E-state index is 5.47. The van der Waals surface area contributed by atoms with Crippen molar-refractivity contribution in [2.24, 2.45) is 5.92 Å². The minimum Gasteiger partial charge on any atom is -0.379 e. The third kappa shape index (κ3) is 30.4. The molecule has 0 rings (SSSR count). The summed E-state index contributed by atoms with van der Waals surface area (Å²) in [5.74, 6) is 0.685. The Hall–Kier alpha value is -0.280. The highest BCUT2D eigenvalue weighted by Gasteiger charge is 1.96. The standard InChI is InChI=1S/C19H41NO6.C2H6/c1-19(2)5-7-21-9-11-23-13-15-25-17-18-26-16-14-24-12-10-22-8-6-20(3)4;1-2/h19H,5-18H2,1-4H3;1-2H3. The summed E-state index contributed by atoms with van der Waals surface area (Å²) in [5, 5.41) is 0. The Morgan fingerprint density at radius 2 is 0.786 bits per heavy atom. The quantitative estimate of drug-likeness (QED) is 0.270. The van der Waals surface area contributed by atoms with E-state index in [0.29, 0.717) is 72.0 Å². The Morgan fingerprint density at radius 1 is 0.500 bits per heavy atom. The van der Waals surface area contributed by atoms with Crippen LogP contribution < -0.4 is 0 Å². The second-order valence-electron chi connectivity index (χ2n) is 6.66. The lowest BCUT2D eigenvalue weighted by Crippen LogP contribution is -2.19. The fourth-order valence-corrected chi connectivity index (χ4v) is 1.77. The van der Waals surface area contributed by atoms with Gasteiger partial charge in [-0.3, -0.25) is 0 Å². The average Bonchev–Trinajstić information content (AvgIpc) is 2.67. The van der Waals surface area contributed by atoms with E-state index in [1.54, 1.807) is 0 Å². The van der Waals surface area contributed by atoms with Gasteiger partial charge in [0.1, 0.15) is 0 Å². The third-order valence-corrected chi connectivity index (χ3v) is 3.38. The van der Waals surface area contributed by atoms with Gasteiger partial charge in [0.2, 0.25) is 0 Å². The lowest BCUT2D eigenvalue weighted by Gasteiger charge is -2.10. The molecule has 0 amide bonds. The molecule has 28 heavy (non-hydrogen) atoms. The van der Waals surface area contributed by atoms with E-state index in [-0.39, 0.29) is 0 Å². The van der Waals surface area contributed by atoms with Gasteiger partial charge in [-0.15, -0.1) is 0 Å². The predicted molar refractivity (Wildman–Crippen MR) is 114 cm³/mol. The lowest BCUT2D eigenvalue weighted by molar-refractivity contribution is -0.0174. The molecule has 7 nitrogen and oxygen atoms in total.